The summed E-state index contributed by atoms with van der Waals surface area (Å²) in [6, 6.07) is 27.7. The van der Waals surface area contributed by atoms with Crippen molar-refractivity contribution in [2.45, 2.75) is 46.2 Å². The van der Waals surface area contributed by atoms with Gasteiger partial charge in [0, 0.05) is 32.5 Å². The third-order valence-corrected chi connectivity index (χ3v) is 16.5. The predicted octanol–water partition coefficient (Wildman–Crippen LogP) is 20.6. The molecule has 0 bridgehead atoms. The fourth-order valence-electron chi connectivity index (χ4n) is 8.46. The Labute approximate surface area is 594 Å². The zero-order valence-electron chi connectivity index (χ0n) is 51.2. The van der Waals surface area contributed by atoms with Crippen LogP contribution in [0.15, 0.2) is 134 Å². The number of anilines is 3. The number of nitrogen functional groups attached to an aromatic ring is 1. The molecule has 4 heterocycles. The molecule has 16 nitrogen and oxygen atoms in total. The van der Waals surface area contributed by atoms with Crippen LogP contribution in [0.2, 0.25) is 20.1 Å². The van der Waals surface area contributed by atoms with Gasteiger partial charge in [0.25, 0.3) is 17.1 Å². The number of thiazole rings is 3. The minimum atomic E-state index is -4.47. The third kappa shape index (κ3) is 22.0. The molecule has 7 aromatic carbocycles. The fraction of sp³-hybridized carbons (Fsp3) is 0.156. The quantitative estimate of drug-likeness (QED) is 0.0668. The lowest BCUT2D eigenvalue weighted by atomic mass is 10.1. The molecular formula is C64H50Cl6F9N7O9S3. The number of nitrogens with one attached hydrogen (secondary N) is 2. The first-order valence-electron chi connectivity index (χ1n) is 27.0. The van der Waals surface area contributed by atoms with E-state index in [4.69, 9.17) is 83.1 Å². The summed E-state index contributed by atoms with van der Waals surface area (Å²) in [5, 5.41) is 25.4. The molecular weight excluding hydrogens is 1490 g/mol. The highest BCUT2D eigenvalue weighted by Gasteiger charge is 2.33. The van der Waals surface area contributed by atoms with Crippen LogP contribution in [0.3, 0.4) is 0 Å². The zero-order chi connectivity index (χ0) is 72.0. The van der Waals surface area contributed by atoms with Gasteiger partial charge in [-0.15, -0.1) is 12.4 Å². The number of carbonyl (C=O) groups excluding carboxylic acids is 3. The average molecular weight is 1540 g/mol. The second-order valence-corrected chi connectivity index (χ2v) is 24.9. The van der Waals surface area contributed by atoms with Crippen LogP contribution in [0.1, 0.15) is 80.4 Å². The number of phenolic OH excluding ortho intramolecular Hbond substituents is 1. The van der Waals surface area contributed by atoms with Crippen LogP contribution < -0.4 is 30.6 Å². The Morgan fingerprint density at radius 3 is 1.17 bits per heavy atom. The van der Waals surface area contributed by atoms with Crippen LogP contribution in [0, 0.1) is 27.7 Å². The van der Waals surface area contributed by atoms with Crippen molar-refractivity contribution in [3.63, 3.8) is 0 Å². The van der Waals surface area contributed by atoms with Gasteiger partial charge in [-0.25, -0.2) is 19.7 Å². The van der Waals surface area contributed by atoms with Gasteiger partial charge in [0.1, 0.15) is 28.6 Å². The van der Waals surface area contributed by atoms with E-state index in [-0.39, 0.29) is 66.3 Å². The number of pyridine rings is 1. The van der Waals surface area contributed by atoms with Crippen LogP contribution >= 0.6 is 104 Å². The molecule has 0 aliphatic carbocycles. The van der Waals surface area contributed by atoms with Gasteiger partial charge in [-0.3, -0.25) is 30.0 Å². The first-order chi connectivity index (χ1) is 45.4. The number of alkyl halides is 9. The van der Waals surface area contributed by atoms with Crippen molar-refractivity contribution in [2.24, 2.45) is 0 Å². The number of benzene rings is 7. The molecule has 2 amide bonds. The van der Waals surface area contributed by atoms with Crippen LogP contribution in [0.4, 0.5) is 54.9 Å². The SMILES string of the molecule is COc1c(C)cc(Cl)cc1C(=O)Cl.COc1c(C)cc(Cl)cc1C(=O)Nc1nc2cc(C(F)(F)F)ccc2s1.COc1c(C)cc(Cl)cc1C(=O)O.Cc1cc(Cl)cc(C(=O)Nc2nc3cc(C(F)(F)F)ccc3s2)c1O.Cl.Nc1nc2cc(C(F)(F)F)ccc2s1.c1ccncc1. The number of amides is 2. The molecule has 0 aliphatic rings. The van der Waals surface area contributed by atoms with Gasteiger partial charge >= 0.3 is 24.5 Å². The van der Waals surface area contributed by atoms with E-state index in [2.05, 4.69) is 30.6 Å². The standard InChI is InChI=1S/C17H12ClF3N2O2S.C16H10ClF3N2O2S.C9H8Cl2O2.C9H9ClO3.C8H5F3N2S.C5H5N.ClH/c1-8-5-10(18)7-11(14(8)25-2)15(24)23-16-22-12-6-9(17(19,20)21)3-4-13(12)26-16;1-7-4-9(17)6-10(13(7)23)14(24)22-15-21-11-5-8(16(18,19)20)2-3-12(11)25-15;2*1-5-3-6(10)4-7(9(11)12)8(5)13-2;9-8(10,11)4-1-2-6-5(3-4)13-7(12)14-6;1-2-4-6-5-3-1;/h3-7H,1-2H3,(H,22,23,24);2-6,23H,1H3,(H,21,22,24);3-4H,1-2H3;3-4H,1-2H3,(H,11,12);1-3H,(H2,12,13);1-5H;1H. The number of aryl methyl sites for hydroxylation is 4. The molecule has 6 N–H and O–H groups in total. The van der Waals surface area contributed by atoms with E-state index in [1.807, 2.05) is 18.2 Å². The number of halogens is 15. The van der Waals surface area contributed by atoms with E-state index in [0.717, 1.165) is 64.6 Å². The normalized spacial score (nSPS) is 10.9. The maximum atomic E-state index is 12.8. The summed E-state index contributed by atoms with van der Waals surface area (Å²) in [4.78, 5) is 62.2. The van der Waals surface area contributed by atoms with E-state index in [1.165, 1.54) is 81.2 Å². The van der Waals surface area contributed by atoms with Crippen molar-refractivity contribution >= 4 is 173 Å². The van der Waals surface area contributed by atoms with Crippen molar-refractivity contribution in [3.05, 3.63) is 215 Å². The maximum absolute atomic E-state index is 12.8. The molecule has 0 saturated carbocycles. The predicted molar refractivity (Wildman–Crippen MR) is 369 cm³/mol. The maximum Gasteiger partial charge on any atom is 0.416 e. The Kier molecular flexibility index (Phi) is 28.5. The van der Waals surface area contributed by atoms with E-state index in [1.54, 1.807) is 58.3 Å². The van der Waals surface area contributed by atoms with E-state index in [9.17, 15) is 63.8 Å². The smallest absolute Gasteiger partial charge is 0.416 e. The minimum Gasteiger partial charge on any atom is -0.507 e. The Bertz CT molecular complexity index is 4580. The third-order valence-electron chi connectivity index (χ3n) is 12.7. The van der Waals surface area contributed by atoms with Gasteiger partial charge in [0.15, 0.2) is 15.4 Å². The van der Waals surface area contributed by atoms with Gasteiger partial charge < -0.3 is 30.2 Å². The van der Waals surface area contributed by atoms with E-state index >= 15 is 0 Å². The number of phenols is 1. The average Bonchev–Trinajstić information content (AvgIpc) is 1.65. The van der Waals surface area contributed by atoms with Crippen molar-refractivity contribution in [3.8, 4) is 23.0 Å². The van der Waals surface area contributed by atoms with Gasteiger partial charge in [0.2, 0.25) is 0 Å². The molecule has 11 aromatic rings. The molecule has 0 fully saturated rings. The number of methoxy groups -OCH3 is 3. The molecule has 11 rings (SSSR count). The van der Waals surface area contributed by atoms with E-state index < -0.39 is 58.2 Å². The number of fused-ring (bicyclic) bond motifs is 3. The van der Waals surface area contributed by atoms with Crippen molar-refractivity contribution in [2.75, 3.05) is 37.7 Å². The summed E-state index contributed by atoms with van der Waals surface area (Å²) in [6.07, 6.45) is -9.75. The molecule has 0 radical (unpaired) electrons. The zero-order valence-corrected chi connectivity index (χ0v) is 58.3. The monoisotopic (exact) mass is 1540 g/mol. The number of aromatic nitrogens is 4. The molecule has 0 aliphatic heterocycles. The highest BCUT2D eigenvalue weighted by atomic mass is 35.5. The molecule has 34 heteroatoms. The number of rotatable bonds is 9. The van der Waals surface area contributed by atoms with Crippen LogP contribution in [0.25, 0.3) is 30.6 Å². The summed E-state index contributed by atoms with van der Waals surface area (Å²) in [7, 11) is 4.35. The lowest BCUT2D eigenvalue weighted by molar-refractivity contribution is -0.138. The number of aromatic carboxylic acids is 1. The Morgan fingerprint density at radius 1 is 0.480 bits per heavy atom. The molecule has 0 unspecified atom stereocenters. The topological polar surface area (TPSA) is 238 Å². The van der Waals surface area contributed by atoms with Crippen LogP contribution in [-0.2, 0) is 18.5 Å². The first kappa shape index (κ1) is 80.2. The summed E-state index contributed by atoms with van der Waals surface area (Å²) in [5.74, 6) is -1.22. The summed E-state index contributed by atoms with van der Waals surface area (Å²) < 4.78 is 130. The number of carboxylic acids is 1. The molecule has 0 atom stereocenters. The number of carboxylic acid groups (broad SMARTS) is 1. The van der Waals surface area contributed by atoms with Gasteiger partial charge in [-0.05, 0) is 177 Å². The van der Waals surface area contributed by atoms with Crippen molar-refractivity contribution < 1.29 is 83.1 Å². The second-order valence-electron chi connectivity index (χ2n) is 19.7. The molecule has 4 aromatic heterocycles. The van der Waals surface area contributed by atoms with Crippen LogP contribution in [-0.4, -0.2) is 74.5 Å². The largest absolute Gasteiger partial charge is 0.507 e. The van der Waals surface area contributed by atoms with Gasteiger partial charge in [0.05, 0.1) is 85.4 Å². The van der Waals surface area contributed by atoms with Gasteiger partial charge in [-0.1, -0.05) is 86.5 Å². The highest BCUT2D eigenvalue weighted by molar-refractivity contribution is 7.23. The van der Waals surface area contributed by atoms with Gasteiger partial charge in [-0.2, -0.15) is 39.5 Å². The second kappa shape index (κ2) is 34.9. The van der Waals surface area contributed by atoms with Crippen molar-refractivity contribution in [1.82, 2.24) is 19.9 Å². The lowest BCUT2D eigenvalue weighted by Gasteiger charge is -2.11. The Hall–Kier alpha value is -8.45. The minimum absolute atomic E-state index is 0. The van der Waals surface area contributed by atoms with Crippen molar-refractivity contribution in [1.29, 1.82) is 0 Å². The molecule has 0 spiro atoms. The number of hydrogen-bond donors (Lipinski definition) is 5. The Balaban J connectivity index is 0.000000222. The number of ether oxygens (including phenoxy) is 3. The Morgan fingerprint density at radius 2 is 0.816 bits per heavy atom. The lowest BCUT2D eigenvalue weighted by Crippen LogP contribution is -2.13. The number of hydrogen-bond acceptors (Lipinski definition) is 16. The number of carbonyl (C=O) groups is 4. The number of aromatic hydroxyl groups is 1. The highest BCUT2D eigenvalue weighted by Crippen LogP contribution is 2.39. The number of nitrogens with zero attached hydrogens (tertiary/aromatic N) is 4. The summed E-state index contributed by atoms with van der Waals surface area (Å²) >= 11 is 32.0. The molecule has 518 valence electrons. The number of nitrogens with two attached hydrogens (primary N) is 1. The van der Waals surface area contributed by atoms with Crippen LogP contribution in [0.5, 0.6) is 23.0 Å². The fourth-order valence-corrected chi connectivity index (χ4v) is 12.1. The van der Waals surface area contributed by atoms with E-state index in [0.29, 0.717) is 74.2 Å². The summed E-state index contributed by atoms with van der Waals surface area (Å²) in [5.41, 5.74) is 6.84. The summed E-state index contributed by atoms with van der Waals surface area (Å²) in [6.45, 7) is 6.89. The molecule has 0 saturated heterocycles. The molecule has 98 heavy (non-hydrogen) atoms. The first-order valence-corrected chi connectivity index (χ1v) is 31.4.